The van der Waals surface area contributed by atoms with Crippen LogP contribution >= 0.6 is 0 Å². The lowest BCUT2D eigenvalue weighted by Gasteiger charge is -2.21. The molecular formula is C15H23FN2O. The number of rotatable bonds is 5. The Morgan fingerprint density at radius 2 is 1.95 bits per heavy atom. The molecule has 1 aromatic carbocycles. The number of hydrogen-bond donors (Lipinski definition) is 2. The number of carbonyl (C=O) groups is 1. The summed E-state index contributed by atoms with van der Waals surface area (Å²) in [5, 5.41) is 6.05. The quantitative estimate of drug-likeness (QED) is 0.860. The SMILES string of the molecule is C[C@@H](NC(=O)CCNC(C)(C)C)c1ccccc1F. The summed E-state index contributed by atoms with van der Waals surface area (Å²) in [6.45, 7) is 8.54. The second kappa shape index (κ2) is 6.66. The van der Waals surface area contributed by atoms with Crippen LogP contribution in [0.1, 0.15) is 45.7 Å². The third-order valence-corrected chi connectivity index (χ3v) is 2.76. The zero-order valence-electron chi connectivity index (χ0n) is 12.1. The van der Waals surface area contributed by atoms with Crippen LogP contribution in [0, 0.1) is 5.82 Å². The molecule has 1 amide bonds. The summed E-state index contributed by atoms with van der Waals surface area (Å²) in [6.07, 6.45) is 0.385. The van der Waals surface area contributed by atoms with Crippen molar-refractivity contribution in [2.75, 3.05) is 6.54 Å². The van der Waals surface area contributed by atoms with Gasteiger partial charge in [-0.25, -0.2) is 4.39 Å². The minimum Gasteiger partial charge on any atom is -0.349 e. The Hall–Kier alpha value is -1.42. The summed E-state index contributed by atoms with van der Waals surface area (Å²) < 4.78 is 13.5. The first-order valence-corrected chi connectivity index (χ1v) is 6.58. The Morgan fingerprint density at radius 1 is 1.32 bits per heavy atom. The van der Waals surface area contributed by atoms with Crippen molar-refractivity contribution < 1.29 is 9.18 Å². The lowest BCUT2D eigenvalue weighted by atomic mass is 10.1. The second-order valence-corrected chi connectivity index (χ2v) is 5.74. The summed E-state index contributed by atoms with van der Waals surface area (Å²) in [5.74, 6) is -0.365. The van der Waals surface area contributed by atoms with Gasteiger partial charge < -0.3 is 10.6 Å². The normalized spacial score (nSPS) is 13.1. The molecular weight excluding hydrogens is 243 g/mol. The molecule has 0 aliphatic heterocycles. The van der Waals surface area contributed by atoms with Gasteiger partial charge in [0.25, 0.3) is 0 Å². The van der Waals surface area contributed by atoms with Gasteiger partial charge in [-0.3, -0.25) is 4.79 Å². The largest absolute Gasteiger partial charge is 0.349 e. The molecule has 19 heavy (non-hydrogen) atoms. The molecule has 0 spiro atoms. The zero-order chi connectivity index (χ0) is 14.5. The third-order valence-electron chi connectivity index (χ3n) is 2.76. The smallest absolute Gasteiger partial charge is 0.221 e. The maximum absolute atomic E-state index is 13.5. The Kier molecular flexibility index (Phi) is 5.48. The lowest BCUT2D eigenvalue weighted by molar-refractivity contribution is -0.121. The molecule has 0 saturated carbocycles. The zero-order valence-corrected chi connectivity index (χ0v) is 12.1. The Balaban J connectivity index is 2.43. The van der Waals surface area contributed by atoms with Gasteiger partial charge in [0.05, 0.1) is 6.04 Å². The fraction of sp³-hybridized carbons (Fsp3) is 0.533. The Morgan fingerprint density at radius 3 is 2.53 bits per heavy atom. The molecule has 0 aromatic heterocycles. The maximum atomic E-state index is 13.5. The van der Waals surface area contributed by atoms with E-state index < -0.39 is 0 Å². The molecule has 1 atom stereocenters. The van der Waals surface area contributed by atoms with Gasteiger partial charge in [0.15, 0.2) is 0 Å². The van der Waals surface area contributed by atoms with Crippen LogP contribution in [0.15, 0.2) is 24.3 Å². The highest BCUT2D eigenvalue weighted by Gasteiger charge is 2.14. The van der Waals surface area contributed by atoms with Crippen LogP contribution in [0.3, 0.4) is 0 Å². The van der Waals surface area contributed by atoms with Crippen molar-refractivity contribution in [2.45, 2.75) is 45.7 Å². The van der Waals surface area contributed by atoms with Crippen LogP contribution < -0.4 is 10.6 Å². The number of halogens is 1. The molecule has 0 unspecified atom stereocenters. The van der Waals surface area contributed by atoms with E-state index in [1.807, 2.05) is 20.8 Å². The topological polar surface area (TPSA) is 41.1 Å². The maximum Gasteiger partial charge on any atom is 0.221 e. The van der Waals surface area contributed by atoms with E-state index in [9.17, 15) is 9.18 Å². The number of nitrogens with one attached hydrogen (secondary N) is 2. The lowest BCUT2D eigenvalue weighted by Crippen LogP contribution is -2.38. The van der Waals surface area contributed by atoms with Crippen LogP contribution in [-0.4, -0.2) is 18.0 Å². The van der Waals surface area contributed by atoms with E-state index >= 15 is 0 Å². The average Bonchev–Trinajstić information content (AvgIpc) is 2.27. The van der Waals surface area contributed by atoms with Crippen molar-refractivity contribution >= 4 is 5.91 Å². The first kappa shape index (κ1) is 15.6. The van der Waals surface area contributed by atoms with Gasteiger partial charge in [-0.15, -0.1) is 0 Å². The Labute approximate surface area is 114 Å². The number of benzene rings is 1. The van der Waals surface area contributed by atoms with E-state index in [0.29, 0.717) is 18.5 Å². The van der Waals surface area contributed by atoms with E-state index in [0.717, 1.165) is 0 Å². The molecule has 0 aliphatic rings. The van der Waals surface area contributed by atoms with Crippen LogP contribution in [0.25, 0.3) is 0 Å². The second-order valence-electron chi connectivity index (χ2n) is 5.74. The van der Waals surface area contributed by atoms with Crippen LogP contribution in [0.5, 0.6) is 0 Å². The minimum atomic E-state index is -0.316. The first-order chi connectivity index (χ1) is 8.79. The number of hydrogen-bond acceptors (Lipinski definition) is 2. The third kappa shape index (κ3) is 5.83. The van der Waals surface area contributed by atoms with Gasteiger partial charge >= 0.3 is 0 Å². The molecule has 4 heteroatoms. The van der Waals surface area contributed by atoms with E-state index in [1.54, 1.807) is 25.1 Å². The molecule has 1 rings (SSSR count). The molecule has 0 bridgehead atoms. The van der Waals surface area contributed by atoms with Gasteiger partial charge in [-0.2, -0.15) is 0 Å². The van der Waals surface area contributed by atoms with Crippen LogP contribution in [0.4, 0.5) is 4.39 Å². The van der Waals surface area contributed by atoms with Crippen molar-refractivity contribution in [1.82, 2.24) is 10.6 Å². The predicted octanol–water partition coefficient (Wildman–Crippen LogP) is 2.78. The average molecular weight is 266 g/mol. The summed E-state index contributed by atoms with van der Waals surface area (Å²) in [6, 6.07) is 6.18. The van der Waals surface area contributed by atoms with Crippen molar-refractivity contribution in [2.24, 2.45) is 0 Å². The fourth-order valence-electron chi connectivity index (χ4n) is 1.77. The summed E-state index contributed by atoms with van der Waals surface area (Å²) >= 11 is 0. The van der Waals surface area contributed by atoms with Crippen LogP contribution in [-0.2, 0) is 4.79 Å². The van der Waals surface area contributed by atoms with E-state index in [2.05, 4.69) is 10.6 Å². The van der Waals surface area contributed by atoms with Gasteiger partial charge in [0, 0.05) is 24.1 Å². The minimum absolute atomic E-state index is 0.00255. The molecule has 106 valence electrons. The molecule has 2 N–H and O–H groups in total. The number of carbonyl (C=O) groups excluding carboxylic acids is 1. The van der Waals surface area contributed by atoms with E-state index in [1.165, 1.54) is 6.07 Å². The summed E-state index contributed by atoms with van der Waals surface area (Å²) in [5.41, 5.74) is 0.511. The predicted molar refractivity (Wildman–Crippen MR) is 75.3 cm³/mol. The van der Waals surface area contributed by atoms with Crippen molar-refractivity contribution in [1.29, 1.82) is 0 Å². The Bertz CT molecular complexity index is 426. The first-order valence-electron chi connectivity index (χ1n) is 6.58. The fourth-order valence-corrected chi connectivity index (χ4v) is 1.77. The van der Waals surface area contributed by atoms with Gasteiger partial charge in [0.1, 0.15) is 5.82 Å². The van der Waals surface area contributed by atoms with Gasteiger partial charge in [-0.05, 0) is 33.8 Å². The van der Waals surface area contributed by atoms with Crippen molar-refractivity contribution in [3.63, 3.8) is 0 Å². The summed E-state index contributed by atoms with van der Waals surface area (Å²) in [4.78, 5) is 11.8. The molecule has 0 fully saturated rings. The molecule has 0 heterocycles. The van der Waals surface area contributed by atoms with Gasteiger partial charge in [-0.1, -0.05) is 18.2 Å². The molecule has 0 aliphatic carbocycles. The highest BCUT2D eigenvalue weighted by atomic mass is 19.1. The van der Waals surface area contributed by atoms with Crippen molar-refractivity contribution in [3.8, 4) is 0 Å². The summed E-state index contributed by atoms with van der Waals surface area (Å²) in [7, 11) is 0. The van der Waals surface area contributed by atoms with E-state index in [-0.39, 0.29) is 23.3 Å². The highest BCUT2D eigenvalue weighted by molar-refractivity contribution is 5.76. The van der Waals surface area contributed by atoms with E-state index in [4.69, 9.17) is 0 Å². The molecule has 0 radical (unpaired) electrons. The van der Waals surface area contributed by atoms with Crippen LogP contribution in [0.2, 0.25) is 0 Å². The standard InChI is InChI=1S/C15H23FN2O/c1-11(12-7-5-6-8-13(12)16)18-14(19)9-10-17-15(2,3)4/h5-8,11,17H,9-10H2,1-4H3,(H,18,19)/t11-/m1/s1. The number of amides is 1. The molecule has 3 nitrogen and oxygen atoms in total. The van der Waals surface area contributed by atoms with Crippen molar-refractivity contribution in [3.05, 3.63) is 35.6 Å². The van der Waals surface area contributed by atoms with Gasteiger partial charge in [0.2, 0.25) is 5.91 Å². The molecule has 1 aromatic rings. The molecule has 0 saturated heterocycles. The monoisotopic (exact) mass is 266 g/mol. The highest BCUT2D eigenvalue weighted by Crippen LogP contribution is 2.15.